The Kier molecular flexibility index (Phi) is 7.85. The van der Waals surface area contributed by atoms with Crippen LogP contribution in [0.3, 0.4) is 0 Å². The smallest absolute Gasteiger partial charge is 0.422 e. The molecule has 1 N–H and O–H groups in total. The molecule has 0 spiro atoms. The van der Waals surface area contributed by atoms with Gasteiger partial charge in [-0.05, 0) is 43.2 Å². The molecule has 33 heavy (non-hydrogen) atoms. The number of nitrogens with zero attached hydrogens (tertiary/aromatic N) is 1. The zero-order chi connectivity index (χ0) is 24.1. The lowest BCUT2D eigenvalue weighted by atomic mass is 10.2. The number of sulfonamides is 1. The summed E-state index contributed by atoms with van der Waals surface area (Å²) in [6.45, 7) is -0.877. The van der Waals surface area contributed by atoms with Crippen molar-refractivity contribution >= 4 is 21.6 Å². The van der Waals surface area contributed by atoms with E-state index in [2.05, 4.69) is 5.32 Å². The third-order valence-corrected chi connectivity index (χ3v) is 7.04. The van der Waals surface area contributed by atoms with E-state index in [0.29, 0.717) is 13.1 Å². The summed E-state index contributed by atoms with van der Waals surface area (Å²) < 4.78 is 75.8. The average molecular weight is 487 g/mol. The molecule has 2 aromatic carbocycles. The Bertz CT molecular complexity index is 1080. The number of para-hydroxylation sites is 1. The first kappa shape index (κ1) is 24.8. The molecule has 7 nitrogen and oxygen atoms in total. The largest absolute Gasteiger partial charge is 0.496 e. The Morgan fingerprint density at radius 3 is 2.33 bits per heavy atom. The minimum absolute atomic E-state index is 0.127. The van der Waals surface area contributed by atoms with E-state index in [1.165, 1.54) is 23.5 Å². The third-order valence-electron chi connectivity index (χ3n) is 5.14. The van der Waals surface area contributed by atoms with Crippen LogP contribution < -0.4 is 14.8 Å². The summed E-state index contributed by atoms with van der Waals surface area (Å²) in [5.74, 6) is -0.736. The van der Waals surface area contributed by atoms with Crippen molar-refractivity contribution in [1.29, 1.82) is 0 Å². The van der Waals surface area contributed by atoms with E-state index in [4.69, 9.17) is 9.47 Å². The first-order valence-electron chi connectivity index (χ1n) is 10.4. The first-order valence-corrected chi connectivity index (χ1v) is 11.8. The minimum atomic E-state index is -4.61. The van der Waals surface area contributed by atoms with Crippen molar-refractivity contribution in [2.75, 3.05) is 32.1 Å². The highest BCUT2D eigenvalue weighted by atomic mass is 32.2. The Hall–Kier alpha value is -2.79. The highest BCUT2D eigenvalue weighted by molar-refractivity contribution is 7.89. The number of amides is 1. The lowest BCUT2D eigenvalue weighted by molar-refractivity contribution is -0.153. The molecule has 1 heterocycles. The SMILES string of the molecule is COc1ccccc1C(=O)Nc1cc(S(=O)(=O)N2CCCCCC2)ccc1OCC(F)(F)F. The summed E-state index contributed by atoms with van der Waals surface area (Å²) in [5.41, 5.74) is -0.0615. The molecule has 0 aliphatic carbocycles. The molecule has 180 valence electrons. The number of anilines is 1. The molecule has 1 saturated heterocycles. The van der Waals surface area contributed by atoms with Gasteiger partial charge < -0.3 is 14.8 Å². The maximum absolute atomic E-state index is 13.1. The molecule has 0 atom stereocenters. The van der Waals surface area contributed by atoms with Crippen LogP contribution in [0.5, 0.6) is 11.5 Å². The van der Waals surface area contributed by atoms with Crippen LogP contribution in [0, 0.1) is 0 Å². The van der Waals surface area contributed by atoms with Gasteiger partial charge in [0.1, 0.15) is 11.5 Å². The maximum atomic E-state index is 13.1. The standard InChI is InChI=1S/C22H25F3N2O5S/c1-31-19-9-5-4-8-17(19)21(28)26-18-14-16(10-11-20(18)32-15-22(23,24)25)33(29,30)27-12-6-2-3-7-13-27/h4-5,8-11,14H,2-3,6-7,12-13,15H2,1H3,(H,26,28). The fraction of sp³-hybridized carbons (Fsp3) is 0.409. The van der Waals surface area contributed by atoms with Gasteiger partial charge in [0.25, 0.3) is 5.91 Å². The minimum Gasteiger partial charge on any atom is -0.496 e. The number of ether oxygens (including phenoxy) is 2. The van der Waals surface area contributed by atoms with Gasteiger partial charge in [-0.25, -0.2) is 8.42 Å². The highest BCUT2D eigenvalue weighted by Crippen LogP contribution is 2.32. The summed E-state index contributed by atoms with van der Waals surface area (Å²) >= 11 is 0. The summed E-state index contributed by atoms with van der Waals surface area (Å²) in [7, 11) is -2.53. The summed E-state index contributed by atoms with van der Waals surface area (Å²) in [4.78, 5) is 12.7. The zero-order valence-electron chi connectivity index (χ0n) is 18.0. The van der Waals surface area contributed by atoms with Crippen LogP contribution >= 0.6 is 0 Å². The number of carbonyl (C=O) groups excluding carboxylic acids is 1. The maximum Gasteiger partial charge on any atom is 0.422 e. The van der Waals surface area contributed by atoms with Crippen molar-refractivity contribution in [2.24, 2.45) is 0 Å². The Morgan fingerprint density at radius 1 is 1.03 bits per heavy atom. The van der Waals surface area contributed by atoms with Gasteiger partial charge in [-0.15, -0.1) is 0 Å². The zero-order valence-corrected chi connectivity index (χ0v) is 18.8. The van der Waals surface area contributed by atoms with Gasteiger partial charge in [0.2, 0.25) is 10.0 Å². The molecular formula is C22H25F3N2O5S. The summed E-state index contributed by atoms with van der Waals surface area (Å²) in [5, 5.41) is 2.47. The molecule has 0 bridgehead atoms. The molecule has 11 heteroatoms. The Balaban J connectivity index is 1.96. The fourth-order valence-corrected chi connectivity index (χ4v) is 5.05. The Labute approximate surface area is 190 Å². The van der Waals surface area contributed by atoms with Crippen LogP contribution in [0.2, 0.25) is 0 Å². The normalized spacial score (nSPS) is 15.5. The number of halogens is 3. The molecule has 0 unspecified atom stereocenters. The van der Waals surface area contributed by atoms with Crippen LogP contribution in [0.1, 0.15) is 36.0 Å². The fourth-order valence-electron chi connectivity index (χ4n) is 3.51. The molecule has 2 aromatic rings. The van der Waals surface area contributed by atoms with Crippen LogP contribution in [-0.4, -0.2) is 51.6 Å². The van der Waals surface area contributed by atoms with Crippen LogP contribution in [-0.2, 0) is 10.0 Å². The average Bonchev–Trinajstić information content (AvgIpc) is 3.07. The van der Waals surface area contributed by atoms with E-state index in [0.717, 1.165) is 37.8 Å². The second kappa shape index (κ2) is 10.4. The number of carbonyl (C=O) groups is 1. The van der Waals surface area contributed by atoms with Crippen molar-refractivity contribution < 1.29 is 35.9 Å². The highest BCUT2D eigenvalue weighted by Gasteiger charge is 2.30. The van der Waals surface area contributed by atoms with Crippen molar-refractivity contribution in [3.8, 4) is 11.5 Å². The molecular weight excluding hydrogens is 461 g/mol. The second-order valence-electron chi connectivity index (χ2n) is 7.53. The number of rotatable bonds is 7. The van der Waals surface area contributed by atoms with E-state index >= 15 is 0 Å². The number of nitrogens with one attached hydrogen (secondary N) is 1. The third kappa shape index (κ3) is 6.38. The number of benzene rings is 2. The van der Waals surface area contributed by atoms with E-state index in [1.54, 1.807) is 18.2 Å². The van der Waals surface area contributed by atoms with Gasteiger partial charge in [-0.2, -0.15) is 17.5 Å². The molecule has 0 saturated carbocycles. The van der Waals surface area contributed by atoms with Gasteiger partial charge in [0.15, 0.2) is 6.61 Å². The van der Waals surface area contributed by atoms with Gasteiger partial charge in [0.05, 0.1) is 23.3 Å². The number of hydrogen-bond donors (Lipinski definition) is 1. The number of methoxy groups -OCH3 is 1. The first-order chi connectivity index (χ1) is 15.6. The second-order valence-corrected chi connectivity index (χ2v) is 9.47. The van der Waals surface area contributed by atoms with E-state index in [9.17, 15) is 26.4 Å². The monoisotopic (exact) mass is 486 g/mol. The molecule has 0 aromatic heterocycles. The van der Waals surface area contributed by atoms with Crippen molar-refractivity contribution in [3.05, 3.63) is 48.0 Å². The summed E-state index contributed by atoms with van der Waals surface area (Å²) in [6, 6.07) is 9.71. The Morgan fingerprint density at radius 2 is 1.70 bits per heavy atom. The molecule has 3 rings (SSSR count). The predicted octanol–water partition coefficient (Wildman–Crippen LogP) is 4.45. The van der Waals surface area contributed by atoms with Gasteiger partial charge in [-0.3, -0.25) is 4.79 Å². The topological polar surface area (TPSA) is 84.9 Å². The van der Waals surface area contributed by atoms with Gasteiger partial charge >= 0.3 is 6.18 Å². The molecule has 1 fully saturated rings. The van der Waals surface area contributed by atoms with E-state index in [-0.39, 0.29) is 27.6 Å². The van der Waals surface area contributed by atoms with Crippen LogP contribution in [0.25, 0.3) is 0 Å². The van der Waals surface area contributed by atoms with Crippen LogP contribution in [0.4, 0.5) is 18.9 Å². The van der Waals surface area contributed by atoms with Crippen molar-refractivity contribution in [2.45, 2.75) is 36.8 Å². The number of alkyl halides is 3. The van der Waals surface area contributed by atoms with Crippen LogP contribution in [0.15, 0.2) is 47.4 Å². The quantitative estimate of drug-likeness (QED) is 0.625. The number of hydrogen-bond acceptors (Lipinski definition) is 5. The van der Waals surface area contributed by atoms with Gasteiger partial charge in [0, 0.05) is 13.1 Å². The lowest BCUT2D eigenvalue weighted by Crippen LogP contribution is -2.32. The van der Waals surface area contributed by atoms with E-state index in [1.807, 2.05) is 0 Å². The van der Waals surface area contributed by atoms with Crippen molar-refractivity contribution in [1.82, 2.24) is 4.31 Å². The van der Waals surface area contributed by atoms with Gasteiger partial charge in [-0.1, -0.05) is 25.0 Å². The molecule has 1 amide bonds. The summed E-state index contributed by atoms with van der Waals surface area (Å²) in [6.07, 6.45) is -1.31. The molecule has 1 aliphatic heterocycles. The lowest BCUT2D eigenvalue weighted by Gasteiger charge is -2.21. The predicted molar refractivity (Wildman–Crippen MR) is 116 cm³/mol. The van der Waals surface area contributed by atoms with Crippen molar-refractivity contribution in [3.63, 3.8) is 0 Å². The molecule has 0 radical (unpaired) electrons. The molecule has 1 aliphatic rings. The van der Waals surface area contributed by atoms with E-state index < -0.39 is 28.7 Å².